The minimum absolute atomic E-state index is 0.214. The molecule has 0 unspecified atom stereocenters. The summed E-state index contributed by atoms with van der Waals surface area (Å²) >= 11 is 0. The monoisotopic (exact) mass is 195 g/mol. The number of ether oxygens (including phenoxy) is 2. The van der Waals surface area contributed by atoms with Crippen LogP contribution in [-0.4, -0.2) is 31.9 Å². The van der Waals surface area contributed by atoms with Gasteiger partial charge in [0.05, 0.1) is 0 Å². The minimum Gasteiger partial charge on any atom is -0.418 e. The van der Waals surface area contributed by atoms with Gasteiger partial charge in [-0.3, -0.25) is 4.90 Å². The molecule has 76 valence electrons. The number of hydrogen-bond donors (Lipinski definition) is 0. The molecule has 0 fully saturated rings. The first-order valence-electron chi connectivity index (χ1n) is 4.23. The summed E-state index contributed by atoms with van der Waals surface area (Å²) in [5.74, 6) is 0.483. The molecule has 0 radical (unpaired) electrons. The number of rotatable bonds is 3. The lowest BCUT2D eigenvalue weighted by Crippen LogP contribution is -2.21. The first kappa shape index (κ1) is 10.5. The lowest BCUT2D eigenvalue weighted by molar-refractivity contribution is 0.0595. The van der Waals surface area contributed by atoms with Gasteiger partial charge in [-0.25, -0.2) is 4.79 Å². The molecule has 0 aliphatic rings. The lowest BCUT2D eigenvalue weighted by Gasteiger charge is -2.09. The molecule has 0 amide bonds. The van der Waals surface area contributed by atoms with Crippen molar-refractivity contribution in [2.45, 2.75) is 0 Å². The number of para-hydroxylation sites is 1. The van der Waals surface area contributed by atoms with Crippen LogP contribution in [0.3, 0.4) is 0 Å². The molecule has 0 saturated heterocycles. The Labute approximate surface area is 83.0 Å². The van der Waals surface area contributed by atoms with Crippen molar-refractivity contribution in [3.05, 3.63) is 30.3 Å². The van der Waals surface area contributed by atoms with Gasteiger partial charge in [-0.05, 0) is 26.2 Å². The maximum Gasteiger partial charge on any atom is 0.515 e. The Kier molecular flexibility index (Phi) is 3.94. The van der Waals surface area contributed by atoms with Crippen LogP contribution in [0.4, 0.5) is 4.79 Å². The lowest BCUT2D eigenvalue weighted by atomic mass is 10.3. The summed E-state index contributed by atoms with van der Waals surface area (Å²) in [6.07, 6.45) is -0.690. The molecule has 1 rings (SSSR count). The normalized spacial score (nSPS) is 9.93. The smallest absolute Gasteiger partial charge is 0.418 e. The van der Waals surface area contributed by atoms with E-state index >= 15 is 0 Å². The molecule has 1 aromatic rings. The molecular formula is C10H13NO3. The van der Waals surface area contributed by atoms with E-state index in [4.69, 9.17) is 9.47 Å². The molecule has 4 heteroatoms. The van der Waals surface area contributed by atoms with Gasteiger partial charge in [-0.2, -0.15) is 0 Å². The zero-order chi connectivity index (χ0) is 10.4. The van der Waals surface area contributed by atoms with Crippen molar-refractivity contribution in [3.63, 3.8) is 0 Å². The second-order valence-corrected chi connectivity index (χ2v) is 3.02. The van der Waals surface area contributed by atoms with E-state index in [1.165, 1.54) is 0 Å². The van der Waals surface area contributed by atoms with E-state index in [0.717, 1.165) is 0 Å². The molecule has 1 aromatic carbocycles. The van der Waals surface area contributed by atoms with Gasteiger partial charge in [-0.1, -0.05) is 18.2 Å². The van der Waals surface area contributed by atoms with Crippen LogP contribution >= 0.6 is 0 Å². The van der Waals surface area contributed by atoms with Crippen LogP contribution in [0.2, 0.25) is 0 Å². The van der Waals surface area contributed by atoms with Crippen LogP contribution in [0.25, 0.3) is 0 Å². The highest BCUT2D eigenvalue weighted by Gasteiger charge is 2.05. The van der Waals surface area contributed by atoms with Crippen molar-refractivity contribution in [2.24, 2.45) is 0 Å². The van der Waals surface area contributed by atoms with Crippen LogP contribution in [0, 0.1) is 0 Å². The third-order valence-corrected chi connectivity index (χ3v) is 1.38. The number of hydrogen-bond acceptors (Lipinski definition) is 4. The number of carbonyl (C=O) groups is 1. The summed E-state index contributed by atoms with van der Waals surface area (Å²) in [4.78, 5) is 12.8. The first-order chi connectivity index (χ1) is 6.68. The Bertz CT molecular complexity index is 285. The predicted molar refractivity (Wildman–Crippen MR) is 52.1 cm³/mol. The third-order valence-electron chi connectivity index (χ3n) is 1.38. The van der Waals surface area contributed by atoms with Gasteiger partial charge in [0.2, 0.25) is 0 Å². The Morgan fingerprint density at radius 1 is 1.29 bits per heavy atom. The zero-order valence-corrected chi connectivity index (χ0v) is 8.27. The highest BCUT2D eigenvalue weighted by Crippen LogP contribution is 2.08. The molecule has 14 heavy (non-hydrogen) atoms. The van der Waals surface area contributed by atoms with E-state index in [1.807, 2.05) is 6.07 Å². The first-order valence-corrected chi connectivity index (χ1v) is 4.23. The average Bonchev–Trinajstić information content (AvgIpc) is 2.16. The number of nitrogens with zero attached hydrogens (tertiary/aromatic N) is 1. The standard InChI is InChI=1S/C10H13NO3/c1-11(2)8-13-10(12)14-9-6-4-3-5-7-9/h3-7H,8H2,1-2H3. The quantitative estimate of drug-likeness (QED) is 0.418. The van der Waals surface area contributed by atoms with Gasteiger partial charge >= 0.3 is 6.16 Å². The number of carbonyl (C=O) groups excluding carboxylic acids is 1. The molecule has 0 aromatic heterocycles. The molecule has 0 aliphatic carbocycles. The van der Waals surface area contributed by atoms with Gasteiger partial charge in [0.15, 0.2) is 0 Å². The molecule has 0 aliphatic heterocycles. The highest BCUT2D eigenvalue weighted by atomic mass is 16.7. The second-order valence-electron chi connectivity index (χ2n) is 3.02. The summed E-state index contributed by atoms with van der Waals surface area (Å²) in [6.45, 7) is 0.214. The van der Waals surface area contributed by atoms with Crippen molar-refractivity contribution < 1.29 is 14.3 Å². The van der Waals surface area contributed by atoms with Crippen LogP contribution < -0.4 is 4.74 Å². The van der Waals surface area contributed by atoms with E-state index in [2.05, 4.69) is 0 Å². The fraction of sp³-hybridized carbons (Fsp3) is 0.300. The van der Waals surface area contributed by atoms with E-state index in [-0.39, 0.29) is 6.73 Å². The molecule has 0 atom stereocenters. The molecule has 0 saturated carbocycles. The van der Waals surface area contributed by atoms with Crippen molar-refractivity contribution in [1.29, 1.82) is 0 Å². The summed E-state index contributed by atoms with van der Waals surface area (Å²) < 4.78 is 9.65. The molecule has 0 spiro atoms. The molecule has 0 bridgehead atoms. The van der Waals surface area contributed by atoms with Gasteiger partial charge in [0, 0.05) is 0 Å². The average molecular weight is 195 g/mol. The van der Waals surface area contributed by atoms with Crippen LogP contribution in [-0.2, 0) is 4.74 Å². The van der Waals surface area contributed by atoms with Crippen LogP contribution in [0.5, 0.6) is 5.75 Å². The van der Waals surface area contributed by atoms with Crippen LogP contribution in [0.15, 0.2) is 30.3 Å². The second kappa shape index (κ2) is 5.24. The van der Waals surface area contributed by atoms with Crippen LogP contribution in [0.1, 0.15) is 0 Å². The SMILES string of the molecule is CN(C)COC(=O)Oc1ccccc1. The third kappa shape index (κ3) is 3.91. The molecular weight excluding hydrogens is 182 g/mol. The summed E-state index contributed by atoms with van der Waals surface area (Å²) in [6, 6.07) is 8.80. The van der Waals surface area contributed by atoms with Gasteiger partial charge in [-0.15, -0.1) is 0 Å². The highest BCUT2D eigenvalue weighted by molar-refractivity contribution is 5.63. The zero-order valence-electron chi connectivity index (χ0n) is 8.27. The van der Waals surface area contributed by atoms with Gasteiger partial charge in [0.1, 0.15) is 12.5 Å². The minimum atomic E-state index is -0.690. The summed E-state index contributed by atoms with van der Waals surface area (Å²) in [7, 11) is 3.60. The Hall–Kier alpha value is -1.55. The molecule has 0 heterocycles. The van der Waals surface area contributed by atoms with Crippen molar-refractivity contribution >= 4 is 6.16 Å². The van der Waals surface area contributed by atoms with Gasteiger partial charge in [0.25, 0.3) is 0 Å². The predicted octanol–water partition coefficient (Wildman–Crippen LogP) is 1.72. The fourth-order valence-corrected chi connectivity index (χ4v) is 0.796. The Morgan fingerprint density at radius 3 is 2.50 bits per heavy atom. The largest absolute Gasteiger partial charge is 0.515 e. The maximum absolute atomic E-state index is 11.0. The van der Waals surface area contributed by atoms with E-state index in [0.29, 0.717) is 5.75 Å². The summed E-state index contributed by atoms with van der Waals surface area (Å²) in [5.41, 5.74) is 0. The topological polar surface area (TPSA) is 38.8 Å². The Morgan fingerprint density at radius 2 is 1.93 bits per heavy atom. The van der Waals surface area contributed by atoms with E-state index in [9.17, 15) is 4.79 Å². The molecule has 0 N–H and O–H groups in total. The van der Waals surface area contributed by atoms with Gasteiger partial charge < -0.3 is 9.47 Å². The Balaban J connectivity index is 2.35. The van der Waals surface area contributed by atoms with Crippen molar-refractivity contribution in [2.75, 3.05) is 20.8 Å². The fourth-order valence-electron chi connectivity index (χ4n) is 0.796. The van der Waals surface area contributed by atoms with E-state index < -0.39 is 6.16 Å². The van der Waals surface area contributed by atoms with E-state index in [1.54, 1.807) is 43.3 Å². The van der Waals surface area contributed by atoms with Crippen molar-refractivity contribution in [1.82, 2.24) is 4.90 Å². The molecule has 4 nitrogen and oxygen atoms in total. The number of benzene rings is 1. The summed E-state index contributed by atoms with van der Waals surface area (Å²) in [5, 5.41) is 0. The van der Waals surface area contributed by atoms with Crippen molar-refractivity contribution in [3.8, 4) is 5.75 Å². The maximum atomic E-state index is 11.0.